The van der Waals surface area contributed by atoms with Crippen LogP contribution in [0, 0.1) is 0 Å². The number of rotatable bonds is 4. The molecule has 0 atom stereocenters. The van der Waals surface area contributed by atoms with Crippen LogP contribution in [-0.2, 0) is 6.54 Å². The molecule has 0 saturated heterocycles. The Morgan fingerprint density at radius 3 is 2.29 bits per heavy atom. The van der Waals surface area contributed by atoms with E-state index >= 15 is 0 Å². The highest BCUT2D eigenvalue weighted by Gasteiger charge is 2.02. The summed E-state index contributed by atoms with van der Waals surface area (Å²) < 4.78 is 0. The van der Waals surface area contributed by atoms with E-state index in [1.165, 1.54) is 0 Å². The van der Waals surface area contributed by atoms with Crippen LogP contribution in [0.2, 0.25) is 5.02 Å². The minimum Gasteiger partial charge on any atom is -0.364 e. The zero-order chi connectivity index (χ0) is 14.5. The number of nitrogens with zero attached hydrogens (tertiary/aromatic N) is 2. The van der Waals surface area contributed by atoms with E-state index in [2.05, 4.69) is 15.5 Å². The van der Waals surface area contributed by atoms with Gasteiger partial charge in [0.05, 0.1) is 5.69 Å². The van der Waals surface area contributed by atoms with Crippen LogP contribution in [0.1, 0.15) is 5.56 Å². The Balaban J connectivity index is 1.69. The summed E-state index contributed by atoms with van der Waals surface area (Å²) in [5.41, 5.74) is 2.95. The molecular weight excluding hydrogens is 282 g/mol. The predicted octanol–water partition coefficient (Wildman–Crippen LogP) is 4.41. The first kappa shape index (κ1) is 13.6. The van der Waals surface area contributed by atoms with E-state index in [1.807, 2.05) is 66.7 Å². The average molecular weight is 296 g/mol. The quantitative estimate of drug-likeness (QED) is 0.775. The summed E-state index contributed by atoms with van der Waals surface area (Å²) in [4.78, 5) is 0. The molecule has 2 aromatic carbocycles. The van der Waals surface area contributed by atoms with Crippen LogP contribution in [-0.4, -0.2) is 10.2 Å². The smallest absolute Gasteiger partial charge is 0.148 e. The number of halogens is 1. The molecule has 0 aliphatic heterocycles. The highest BCUT2D eigenvalue weighted by molar-refractivity contribution is 6.31. The first-order chi connectivity index (χ1) is 10.3. The molecule has 3 nitrogen and oxygen atoms in total. The predicted molar refractivity (Wildman–Crippen MR) is 86.2 cm³/mol. The second kappa shape index (κ2) is 6.37. The molecule has 3 aromatic rings. The largest absolute Gasteiger partial charge is 0.364 e. The third-order valence-corrected chi connectivity index (χ3v) is 3.52. The lowest BCUT2D eigenvalue weighted by Crippen LogP contribution is -2.03. The van der Waals surface area contributed by atoms with Crippen molar-refractivity contribution in [3.05, 3.63) is 77.3 Å². The minimum atomic E-state index is 0.624. The topological polar surface area (TPSA) is 37.8 Å². The fourth-order valence-corrected chi connectivity index (χ4v) is 2.22. The van der Waals surface area contributed by atoms with Crippen molar-refractivity contribution in [3.63, 3.8) is 0 Å². The molecule has 0 aliphatic rings. The van der Waals surface area contributed by atoms with Gasteiger partial charge in [-0.3, -0.25) is 0 Å². The maximum Gasteiger partial charge on any atom is 0.148 e. The summed E-state index contributed by atoms with van der Waals surface area (Å²) in [6.07, 6.45) is 0. The van der Waals surface area contributed by atoms with Crippen molar-refractivity contribution in [1.82, 2.24) is 10.2 Å². The van der Waals surface area contributed by atoms with Gasteiger partial charge in [-0.15, -0.1) is 10.2 Å². The molecule has 21 heavy (non-hydrogen) atoms. The number of anilines is 1. The van der Waals surface area contributed by atoms with Gasteiger partial charge < -0.3 is 5.32 Å². The van der Waals surface area contributed by atoms with Gasteiger partial charge in [-0.05, 0) is 23.8 Å². The molecule has 4 heteroatoms. The number of nitrogens with one attached hydrogen (secondary N) is 1. The summed E-state index contributed by atoms with van der Waals surface area (Å²) in [6, 6.07) is 21.6. The van der Waals surface area contributed by atoms with Crippen molar-refractivity contribution in [2.24, 2.45) is 0 Å². The van der Waals surface area contributed by atoms with Gasteiger partial charge in [0.15, 0.2) is 0 Å². The summed E-state index contributed by atoms with van der Waals surface area (Å²) in [5, 5.41) is 12.4. The summed E-state index contributed by atoms with van der Waals surface area (Å²) >= 11 is 6.12. The molecule has 104 valence electrons. The lowest BCUT2D eigenvalue weighted by Gasteiger charge is -2.07. The van der Waals surface area contributed by atoms with Crippen LogP contribution in [0.15, 0.2) is 66.7 Å². The Bertz CT molecular complexity index is 712. The van der Waals surface area contributed by atoms with E-state index in [4.69, 9.17) is 11.6 Å². The van der Waals surface area contributed by atoms with E-state index in [1.54, 1.807) is 0 Å². The maximum atomic E-state index is 6.12. The van der Waals surface area contributed by atoms with E-state index < -0.39 is 0 Å². The Morgan fingerprint density at radius 2 is 1.57 bits per heavy atom. The van der Waals surface area contributed by atoms with Crippen molar-refractivity contribution in [1.29, 1.82) is 0 Å². The van der Waals surface area contributed by atoms with Crippen LogP contribution < -0.4 is 5.32 Å². The Labute approximate surface area is 128 Å². The van der Waals surface area contributed by atoms with Crippen LogP contribution in [0.25, 0.3) is 11.3 Å². The molecular formula is C17H14ClN3. The molecule has 0 unspecified atom stereocenters. The summed E-state index contributed by atoms with van der Waals surface area (Å²) in [6.45, 7) is 0.624. The standard InChI is InChI=1S/C17H14ClN3/c18-15-9-5-4-8-14(15)12-19-17-11-10-16(20-21-17)13-6-2-1-3-7-13/h1-11H,12H2,(H,19,21). The molecule has 0 spiro atoms. The highest BCUT2D eigenvalue weighted by atomic mass is 35.5. The first-order valence-electron chi connectivity index (χ1n) is 6.69. The second-order valence-electron chi connectivity index (χ2n) is 4.61. The summed E-state index contributed by atoms with van der Waals surface area (Å²) in [5.74, 6) is 0.731. The van der Waals surface area contributed by atoms with E-state index in [-0.39, 0.29) is 0 Å². The van der Waals surface area contributed by atoms with Crippen molar-refractivity contribution >= 4 is 17.4 Å². The van der Waals surface area contributed by atoms with Crippen molar-refractivity contribution < 1.29 is 0 Å². The van der Waals surface area contributed by atoms with Gasteiger partial charge in [0.1, 0.15) is 5.82 Å². The Kier molecular flexibility index (Phi) is 4.12. The zero-order valence-electron chi connectivity index (χ0n) is 11.3. The van der Waals surface area contributed by atoms with Crippen molar-refractivity contribution in [2.75, 3.05) is 5.32 Å². The lowest BCUT2D eigenvalue weighted by molar-refractivity contribution is 1.01. The van der Waals surface area contributed by atoms with Crippen molar-refractivity contribution in [3.8, 4) is 11.3 Å². The zero-order valence-corrected chi connectivity index (χ0v) is 12.1. The molecule has 0 fully saturated rings. The van der Waals surface area contributed by atoms with Crippen LogP contribution >= 0.6 is 11.6 Å². The van der Waals surface area contributed by atoms with Crippen LogP contribution in [0.5, 0.6) is 0 Å². The van der Waals surface area contributed by atoms with Gasteiger partial charge in [0.2, 0.25) is 0 Å². The SMILES string of the molecule is Clc1ccccc1CNc1ccc(-c2ccccc2)nn1. The third-order valence-electron chi connectivity index (χ3n) is 3.15. The van der Waals surface area contributed by atoms with Gasteiger partial charge in [0.25, 0.3) is 0 Å². The number of hydrogen-bond acceptors (Lipinski definition) is 3. The fourth-order valence-electron chi connectivity index (χ4n) is 2.02. The normalized spacial score (nSPS) is 10.3. The van der Waals surface area contributed by atoms with Crippen LogP contribution in [0.3, 0.4) is 0 Å². The minimum absolute atomic E-state index is 0.624. The molecule has 3 rings (SSSR count). The number of benzene rings is 2. The molecule has 0 saturated carbocycles. The molecule has 1 N–H and O–H groups in total. The molecule has 1 aromatic heterocycles. The van der Waals surface area contributed by atoms with Gasteiger partial charge in [0, 0.05) is 17.1 Å². The second-order valence-corrected chi connectivity index (χ2v) is 5.02. The monoisotopic (exact) mass is 295 g/mol. The fraction of sp³-hybridized carbons (Fsp3) is 0.0588. The van der Waals surface area contributed by atoms with E-state index in [0.717, 1.165) is 27.7 Å². The van der Waals surface area contributed by atoms with Gasteiger partial charge in [-0.25, -0.2) is 0 Å². The van der Waals surface area contributed by atoms with Crippen LogP contribution in [0.4, 0.5) is 5.82 Å². The van der Waals surface area contributed by atoms with Gasteiger partial charge >= 0.3 is 0 Å². The molecule has 1 heterocycles. The molecule has 0 radical (unpaired) electrons. The summed E-state index contributed by atoms with van der Waals surface area (Å²) in [7, 11) is 0. The van der Waals surface area contributed by atoms with Gasteiger partial charge in [-0.1, -0.05) is 60.1 Å². The number of aromatic nitrogens is 2. The molecule has 0 amide bonds. The lowest BCUT2D eigenvalue weighted by atomic mass is 10.1. The Hall–Kier alpha value is -2.39. The first-order valence-corrected chi connectivity index (χ1v) is 7.07. The molecule has 0 bridgehead atoms. The highest BCUT2D eigenvalue weighted by Crippen LogP contribution is 2.18. The average Bonchev–Trinajstić information content (AvgIpc) is 2.55. The molecule has 0 aliphatic carbocycles. The van der Waals surface area contributed by atoms with Crippen molar-refractivity contribution in [2.45, 2.75) is 6.54 Å². The third kappa shape index (κ3) is 3.38. The number of hydrogen-bond donors (Lipinski definition) is 1. The maximum absolute atomic E-state index is 6.12. The van der Waals surface area contributed by atoms with E-state index in [9.17, 15) is 0 Å². The Morgan fingerprint density at radius 1 is 0.810 bits per heavy atom. The van der Waals surface area contributed by atoms with Gasteiger partial charge in [-0.2, -0.15) is 0 Å². The van der Waals surface area contributed by atoms with E-state index in [0.29, 0.717) is 6.54 Å².